The summed E-state index contributed by atoms with van der Waals surface area (Å²) in [4.78, 5) is 2.56. The van der Waals surface area contributed by atoms with E-state index in [0.29, 0.717) is 5.92 Å². The molecule has 1 nitrogen and oxygen atoms in total. The van der Waals surface area contributed by atoms with Gasteiger partial charge in [-0.3, -0.25) is 4.90 Å². The number of benzene rings is 1. The van der Waals surface area contributed by atoms with Gasteiger partial charge in [0, 0.05) is 13.1 Å². The third kappa shape index (κ3) is 2.21. The molecule has 0 N–H and O–H groups in total. The first-order chi connectivity index (χ1) is 8.69. The van der Waals surface area contributed by atoms with Crippen molar-refractivity contribution in [2.45, 2.75) is 58.4 Å². The summed E-state index contributed by atoms with van der Waals surface area (Å²) < 4.78 is 0. The fourth-order valence-electron chi connectivity index (χ4n) is 3.22. The molecule has 1 aromatic rings. The molecule has 3 rings (SSSR count). The van der Waals surface area contributed by atoms with Crippen LogP contribution in [0.5, 0.6) is 0 Å². The van der Waals surface area contributed by atoms with Crippen LogP contribution in [0.15, 0.2) is 12.1 Å². The van der Waals surface area contributed by atoms with Gasteiger partial charge in [-0.25, -0.2) is 0 Å². The summed E-state index contributed by atoms with van der Waals surface area (Å²) in [5.41, 5.74) is 6.52. The Balaban J connectivity index is 1.99. The minimum absolute atomic E-state index is 0.669. The molecule has 1 aromatic carbocycles. The fraction of sp³-hybridized carbons (Fsp3) is 0.647. The first-order valence-electron chi connectivity index (χ1n) is 7.57. The minimum atomic E-state index is 0.669. The normalized spacial score (nSPS) is 20.2. The van der Waals surface area contributed by atoms with E-state index in [4.69, 9.17) is 0 Å². The number of hydrogen-bond donors (Lipinski definition) is 0. The van der Waals surface area contributed by atoms with E-state index in [2.05, 4.69) is 37.8 Å². The van der Waals surface area contributed by atoms with Gasteiger partial charge in [0.1, 0.15) is 0 Å². The standard InChI is InChI=1S/C17H25N/c1-4-18-8-7-14-9-17(13-5-6-13)16(12(2)3)10-15(14)11-18/h9-10,12-13H,4-8,11H2,1-3H3. The van der Waals surface area contributed by atoms with Crippen molar-refractivity contribution in [1.82, 2.24) is 4.90 Å². The van der Waals surface area contributed by atoms with Crippen LogP contribution in [0, 0.1) is 0 Å². The van der Waals surface area contributed by atoms with Crippen molar-refractivity contribution in [3.05, 3.63) is 34.4 Å². The number of nitrogens with zero attached hydrogens (tertiary/aromatic N) is 1. The molecule has 2 aliphatic rings. The summed E-state index contributed by atoms with van der Waals surface area (Å²) in [7, 11) is 0. The number of likely N-dealkylation sites (N-methyl/N-ethyl adjacent to an activating group) is 1. The van der Waals surface area contributed by atoms with Crippen molar-refractivity contribution in [1.29, 1.82) is 0 Å². The zero-order valence-electron chi connectivity index (χ0n) is 12.0. The third-order valence-electron chi connectivity index (χ3n) is 4.58. The lowest BCUT2D eigenvalue weighted by molar-refractivity contribution is 0.268. The van der Waals surface area contributed by atoms with E-state index in [1.165, 1.54) is 32.4 Å². The maximum absolute atomic E-state index is 2.56. The van der Waals surface area contributed by atoms with Crippen LogP contribution in [-0.4, -0.2) is 18.0 Å². The monoisotopic (exact) mass is 243 g/mol. The summed E-state index contributed by atoms with van der Waals surface area (Å²) in [6.45, 7) is 10.5. The molecule has 0 atom stereocenters. The molecule has 1 heteroatoms. The molecule has 0 saturated heterocycles. The largest absolute Gasteiger partial charge is 0.299 e. The Hall–Kier alpha value is -0.820. The molecular formula is C17H25N. The number of hydrogen-bond acceptors (Lipinski definition) is 1. The summed E-state index contributed by atoms with van der Waals surface area (Å²) in [6.07, 6.45) is 4.08. The average molecular weight is 243 g/mol. The molecule has 1 aliphatic carbocycles. The second-order valence-corrected chi connectivity index (χ2v) is 6.30. The Bertz CT molecular complexity index is 443. The molecule has 0 bridgehead atoms. The van der Waals surface area contributed by atoms with E-state index >= 15 is 0 Å². The lowest BCUT2D eigenvalue weighted by Crippen LogP contribution is -2.30. The minimum Gasteiger partial charge on any atom is -0.299 e. The highest BCUT2D eigenvalue weighted by atomic mass is 15.1. The van der Waals surface area contributed by atoms with Gasteiger partial charge in [0.15, 0.2) is 0 Å². The van der Waals surface area contributed by atoms with Crippen molar-refractivity contribution in [3.63, 3.8) is 0 Å². The van der Waals surface area contributed by atoms with Crippen LogP contribution >= 0.6 is 0 Å². The molecule has 0 unspecified atom stereocenters. The second kappa shape index (κ2) is 4.70. The van der Waals surface area contributed by atoms with E-state index in [-0.39, 0.29) is 0 Å². The maximum atomic E-state index is 2.56. The molecule has 0 spiro atoms. The molecule has 0 aromatic heterocycles. The summed E-state index contributed by atoms with van der Waals surface area (Å²) in [5.74, 6) is 1.56. The van der Waals surface area contributed by atoms with Gasteiger partial charge in [0.25, 0.3) is 0 Å². The van der Waals surface area contributed by atoms with Gasteiger partial charge in [-0.1, -0.05) is 32.9 Å². The topological polar surface area (TPSA) is 3.24 Å². The summed E-state index contributed by atoms with van der Waals surface area (Å²) in [6, 6.07) is 5.07. The van der Waals surface area contributed by atoms with Crippen molar-refractivity contribution in [3.8, 4) is 0 Å². The second-order valence-electron chi connectivity index (χ2n) is 6.30. The first kappa shape index (κ1) is 12.2. The Morgan fingerprint density at radius 2 is 2.00 bits per heavy atom. The summed E-state index contributed by atoms with van der Waals surface area (Å²) >= 11 is 0. The molecule has 0 amide bonds. The third-order valence-corrected chi connectivity index (χ3v) is 4.58. The van der Waals surface area contributed by atoms with E-state index in [1.54, 1.807) is 22.3 Å². The Morgan fingerprint density at radius 3 is 2.61 bits per heavy atom. The first-order valence-corrected chi connectivity index (χ1v) is 7.57. The van der Waals surface area contributed by atoms with Crippen LogP contribution in [0.3, 0.4) is 0 Å². The van der Waals surface area contributed by atoms with Gasteiger partial charge < -0.3 is 0 Å². The highest BCUT2D eigenvalue weighted by molar-refractivity contribution is 5.44. The van der Waals surface area contributed by atoms with Crippen LogP contribution in [-0.2, 0) is 13.0 Å². The maximum Gasteiger partial charge on any atom is 0.0236 e. The van der Waals surface area contributed by atoms with Crippen LogP contribution in [0.25, 0.3) is 0 Å². The Kier molecular flexibility index (Phi) is 3.19. The van der Waals surface area contributed by atoms with E-state index < -0.39 is 0 Å². The lowest BCUT2D eigenvalue weighted by Gasteiger charge is -2.29. The van der Waals surface area contributed by atoms with Gasteiger partial charge in [-0.05, 0) is 59.9 Å². The van der Waals surface area contributed by atoms with Gasteiger partial charge in [0.2, 0.25) is 0 Å². The van der Waals surface area contributed by atoms with Crippen LogP contribution in [0.4, 0.5) is 0 Å². The van der Waals surface area contributed by atoms with Crippen molar-refractivity contribution < 1.29 is 0 Å². The van der Waals surface area contributed by atoms with E-state index in [0.717, 1.165) is 12.5 Å². The average Bonchev–Trinajstić information content (AvgIpc) is 3.20. The highest BCUT2D eigenvalue weighted by Crippen LogP contribution is 2.44. The van der Waals surface area contributed by atoms with Gasteiger partial charge in [0.05, 0.1) is 0 Å². The number of fused-ring (bicyclic) bond motifs is 1. The van der Waals surface area contributed by atoms with Crippen molar-refractivity contribution >= 4 is 0 Å². The molecule has 1 aliphatic heterocycles. The smallest absolute Gasteiger partial charge is 0.0236 e. The molecule has 1 heterocycles. The predicted molar refractivity (Wildman–Crippen MR) is 77.2 cm³/mol. The van der Waals surface area contributed by atoms with Gasteiger partial charge in [-0.15, -0.1) is 0 Å². The molecule has 1 saturated carbocycles. The SMILES string of the molecule is CCN1CCc2cc(C3CC3)c(C(C)C)cc2C1. The van der Waals surface area contributed by atoms with Gasteiger partial charge in [-0.2, -0.15) is 0 Å². The highest BCUT2D eigenvalue weighted by Gasteiger charge is 2.28. The van der Waals surface area contributed by atoms with E-state index in [1.807, 2.05) is 0 Å². The molecule has 1 fully saturated rings. The lowest BCUT2D eigenvalue weighted by atomic mass is 9.87. The fourth-order valence-corrected chi connectivity index (χ4v) is 3.22. The van der Waals surface area contributed by atoms with Crippen LogP contribution in [0.1, 0.15) is 67.7 Å². The Morgan fingerprint density at radius 1 is 1.22 bits per heavy atom. The number of rotatable bonds is 3. The van der Waals surface area contributed by atoms with Crippen LogP contribution < -0.4 is 0 Å². The predicted octanol–water partition coefficient (Wildman–Crippen LogP) is 4.07. The molecule has 0 radical (unpaired) electrons. The molecular weight excluding hydrogens is 218 g/mol. The van der Waals surface area contributed by atoms with Crippen molar-refractivity contribution in [2.24, 2.45) is 0 Å². The summed E-state index contributed by atoms with van der Waals surface area (Å²) in [5, 5.41) is 0. The van der Waals surface area contributed by atoms with Crippen molar-refractivity contribution in [2.75, 3.05) is 13.1 Å². The van der Waals surface area contributed by atoms with Gasteiger partial charge >= 0.3 is 0 Å². The molecule has 18 heavy (non-hydrogen) atoms. The zero-order chi connectivity index (χ0) is 12.7. The van der Waals surface area contributed by atoms with Crippen LogP contribution in [0.2, 0.25) is 0 Å². The zero-order valence-corrected chi connectivity index (χ0v) is 12.0. The van der Waals surface area contributed by atoms with E-state index in [9.17, 15) is 0 Å². The Labute approximate surface area is 111 Å². The quantitative estimate of drug-likeness (QED) is 0.773. The molecule has 98 valence electrons.